The second kappa shape index (κ2) is 8.88. The highest BCUT2D eigenvalue weighted by Gasteiger charge is 2.25. The van der Waals surface area contributed by atoms with Crippen LogP contribution in [-0.4, -0.2) is 23.5 Å². The third-order valence-electron chi connectivity index (χ3n) is 4.84. The van der Waals surface area contributed by atoms with Gasteiger partial charge in [0.1, 0.15) is 11.4 Å². The average Bonchev–Trinajstić information content (AvgIpc) is 2.75. The van der Waals surface area contributed by atoms with E-state index in [-0.39, 0.29) is 12.2 Å². The molecular weight excluding hydrogens is 383 g/mol. The van der Waals surface area contributed by atoms with Crippen molar-refractivity contribution in [3.63, 3.8) is 0 Å². The molecule has 0 fully saturated rings. The number of anilines is 1. The van der Waals surface area contributed by atoms with Crippen LogP contribution in [0.5, 0.6) is 0 Å². The second-order valence-electron chi connectivity index (χ2n) is 7.32. The van der Waals surface area contributed by atoms with Crippen LogP contribution in [0.15, 0.2) is 72.8 Å². The van der Waals surface area contributed by atoms with E-state index < -0.39 is 23.2 Å². The van der Waals surface area contributed by atoms with Crippen LogP contribution in [0, 0.1) is 12.7 Å². The molecule has 2 amide bonds. The highest BCUT2D eigenvalue weighted by molar-refractivity contribution is 6.39. The van der Waals surface area contributed by atoms with Gasteiger partial charge in [0.15, 0.2) is 0 Å². The predicted molar refractivity (Wildman–Crippen MR) is 114 cm³/mol. The van der Waals surface area contributed by atoms with Crippen molar-refractivity contribution in [3.8, 4) is 11.1 Å². The van der Waals surface area contributed by atoms with E-state index in [4.69, 9.17) is 0 Å². The summed E-state index contributed by atoms with van der Waals surface area (Å²) in [6.45, 7) is 2.99. The molecule has 0 aliphatic heterocycles. The van der Waals surface area contributed by atoms with Crippen LogP contribution in [0.2, 0.25) is 0 Å². The molecule has 0 aliphatic rings. The molecule has 30 heavy (non-hydrogen) atoms. The quantitative estimate of drug-likeness (QED) is 0.565. The van der Waals surface area contributed by atoms with Crippen LogP contribution in [-0.2, 0) is 15.2 Å². The van der Waals surface area contributed by atoms with Crippen LogP contribution in [0.1, 0.15) is 18.1 Å². The summed E-state index contributed by atoms with van der Waals surface area (Å²) in [6.07, 6.45) is 0. The summed E-state index contributed by atoms with van der Waals surface area (Å²) in [7, 11) is 0. The SMILES string of the molecule is Cc1ccc(NC(=O)C(=O)NCC(C)(O)c2ccc(-c3ccccc3)cc2)cc1F. The molecule has 3 N–H and O–H groups in total. The summed E-state index contributed by atoms with van der Waals surface area (Å²) in [5.74, 6) is -2.33. The van der Waals surface area contributed by atoms with E-state index in [0.29, 0.717) is 11.1 Å². The van der Waals surface area contributed by atoms with E-state index in [1.165, 1.54) is 12.1 Å². The van der Waals surface area contributed by atoms with Gasteiger partial charge in [0.25, 0.3) is 0 Å². The summed E-state index contributed by atoms with van der Waals surface area (Å²) in [5, 5.41) is 15.5. The topological polar surface area (TPSA) is 78.4 Å². The van der Waals surface area contributed by atoms with E-state index >= 15 is 0 Å². The molecule has 3 aromatic carbocycles. The number of rotatable bonds is 5. The lowest BCUT2D eigenvalue weighted by molar-refractivity contribution is -0.136. The molecule has 154 valence electrons. The Balaban J connectivity index is 1.60. The van der Waals surface area contributed by atoms with Gasteiger partial charge in [0.05, 0.1) is 6.54 Å². The summed E-state index contributed by atoms with van der Waals surface area (Å²) < 4.78 is 13.6. The second-order valence-corrected chi connectivity index (χ2v) is 7.32. The molecule has 3 rings (SSSR count). The Bertz CT molecular complexity index is 1050. The van der Waals surface area contributed by atoms with Gasteiger partial charge in [0, 0.05) is 5.69 Å². The lowest BCUT2D eigenvalue weighted by Gasteiger charge is -2.24. The molecule has 0 aliphatic carbocycles. The molecule has 1 atom stereocenters. The first-order valence-corrected chi connectivity index (χ1v) is 9.50. The van der Waals surface area contributed by atoms with E-state index in [9.17, 15) is 19.1 Å². The zero-order valence-corrected chi connectivity index (χ0v) is 16.8. The Morgan fingerprint density at radius 2 is 1.57 bits per heavy atom. The minimum Gasteiger partial charge on any atom is -0.384 e. The van der Waals surface area contributed by atoms with Gasteiger partial charge in [-0.25, -0.2) is 4.39 Å². The molecule has 6 heteroatoms. The maximum atomic E-state index is 13.6. The van der Waals surface area contributed by atoms with Crippen molar-refractivity contribution in [1.29, 1.82) is 0 Å². The molecule has 0 saturated carbocycles. The number of benzene rings is 3. The molecule has 0 saturated heterocycles. The van der Waals surface area contributed by atoms with E-state index in [1.807, 2.05) is 42.5 Å². The lowest BCUT2D eigenvalue weighted by atomic mass is 9.93. The van der Waals surface area contributed by atoms with Crippen molar-refractivity contribution in [2.45, 2.75) is 19.4 Å². The van der Waals surface area contributed by atoms with Crippen molar-refractivity contribution in [2.24, 2.45) is 0 Å². The van der Waals surface area contributed by atoms with E-state index in [0.717, 1.165) is 17.2 Å². The summed E-state index contributed by atoms with van der Waals surface area (Å²) >= 11 is 0. The Morgan fingerprint density at radius 1 is 0.933 bits per heavy atom. The van der Waals surface area contributed by atoms with Crippen LogP contribution in [0.3, 0.4) is 0 Å². The molecule has 0 bridgehead atoms. The molecule has 5 nitrogen and oxygen atoms in total. The average molecular weight is 406 g/mol. The largest absolute Gasteiger partial charge is 0.384 e. The highest BCUT2D eigenvalue weighted by Crippen LogP contribution is 2.24. The van der Waals surface area contributed by atoms with Crippen molar-refractivity contribution in [1.82, 2.24) is 5.32 Å². The number of aryl methyl sites for hydroxylation is 1. The number of carbonyl (C=O) groups is 2. The van der Waals surface area contributed by atoms with E-state index in [2.05, 4.69) is 10.6 Å². The van der Waals surface area contributed by atoms with Crippen LogP contribution < -0.4 is 10.6 Å². The Hall–Kier alpha value is -3.51. The maximum Gasteiger partial charge on any atom is 0.313 e. The van der Waals surface area contributed by atoms with Gasteiger partial charge in [-0.1, -0.05) is 60.7 Å². The standard InChI is InChI=1S/C24H23FN2O3/c1-16-8-13-20(14-21(16)25)27-23(29)22(28)26-15-24(2,30)19-11-9-18(10-12-19)17-6-4-3-5-7-17/h3-14,30H,15H2,1-2H3,(H,26,28)(H,27,29). The van der Waals surface area contributed by atoms with Crippen molar-refractivity contribution in [3.05, 3.63) is 89.7 Å². The van der Waals surface area contributed by atoms with Crippen LogP contribution >= 0.6 is 0 Å². The molecule has 0 heterocycles. The molecule has 0 radical (unpaired) electrons. The zero-order valence-electron chi connectivity index (χ0n) is 16.8. The monoisotopic (exact) mass is 406 g/mol. The minimum absolute atomic E-state index is 0.161. The van der Waals surface area contributed by atoms with Gasteiger partial charge in [-0.3, -0.25) is 9.59 Å². The first kappa shape index (κ1) is 21.2. The first-order valence-electron chi connectivity index (χ1n) is 9.50. The van der Waals surface area contributed by atoms with Gasteiger partial charge >= 0.3 is 11.8 Å². The number of aliphatic hydroxyl groups is 1. The minimum atomic E-state index is -1.37. The van der Waals surface area contributed by atoms with Gasteiger partial charge in [-0.15, -0.1) is 0 Å². The van der Waals surface area contributed by atoms with Crippen molar-refractivity contribution < 1.29 is 19.1 Å². The Labute approximate surface area is 174 Å². The highest BCUT2D eigenvalue weighted by atomic mass is 19.1. The number of nitrogens with one attached hydrogen (secondary N) is 2. The van der Waals surface area contributed by atoms with E-state index in [1.54, 1.807) is 26.0 Å². The third kappa shape index (κ3) is 5.10. The van der Waals surface area contributed by atoms with Gasteiger partial charge < -0.3 is 15.7 Å². The van der Waals surface area contributed by atoms with Crippen molar-refractivity contribution >= 4 is 17.5 Å². The first-order chi connectivity index (χ1) is 14.3. The normalized spacial score (nSPS) is 12.7. The molecule has 3 aromatic rings. The maximum absolute atomic E-state index is 13.6. The van der Waals surface area contributed by atoms with Crippen molar-refractivity contribution in [2.75, 3.05) is 11.9 Å². The van der Waals surface area contributed by atoms with Gasteiger partial charge in [0.2, 0.25) is 0 Å². The smallest absolute Gasteiger partial charge is 0.313 e. The fourth-order valence-corrected chi connectivity index (χ4v) is 2.95. The summed E-state index contributed by atoms with van der Waals surface area (Å²) in [6, 6.07) is 21.3. The Kier molecular flexibility index (Phi) is 6.28. The summed E-state index contributed by atoms with van der Waals surface area (Å²) in [5.41, 5.74) is 1.91. The molecule has 0 aromatic heterocycles. The molecule has 1 unspecified atom stereocenters. The fraction of sp³-hybridized carbons (Fsp3) is 0.167. The number of hydrogen-bond donors (Lipinski definition) is 3. The number of amides is 2. The van der Waals surface area contributed by atoms with Gasteiger partial charge in [-0.2, -0.15) is 0 Å². The van der Waals surface area contributed by atoms with Gasteiger partial charge in [-0.05, 0) is 48.2 Å². The predicted octanol–water partition coefficient (Wildman–Crippen LogP) is 3.76. The number of carbonyl (C=O) groups excluding carboxylic acids is 2. The Morgan fingerprint density at radius 3 is 2.20 bits per heavy atom. The third-order valence-corrected chi connectivity index (χ3v) is 4.84. The number of halogens is 1. The lowest BCUT2D eigenvalue weighted by Crippen LogP contribution is -2.43. The van der Waals surface area contributed by atoms with Crippen LogP contribution in [0.4, 0.5) is 10.1 Å². The summed E-state index contributed by atoms with van der Waals surface area (Å²) in [4.78, 5) is 24.1. The van der Waals surface area contributed by atoms with Crippen LogP contribution in [0.25, 0.3) is 11.1 Å². The number of hydrogen-bond acceptors (Lipinski definition) is 3. The zero-order chi connectivity index (χ0) is 21.7. The molecular formula is C24H23FN2O3. The fourth-order valence-electron chi connectivity index (χ4n) is 2.95. The molecule has 0 spiro atoms.